The first-order valence-electron chi connectivity index (χ1n) is 15.1. The number of ether oxygens (including phenoxy) is 2. The molecule has 218 valence electrons. The van der Waals surface area contributed by atoms with Crippen LogP contribution in [0.5, 0.6) is 11.5 Å². The van der Waals surface area contributed by atoms with E-state index in [-0.39, 0.29) is 22.8 Å². The molecule has 7 rings (SSSR count). The third-order valence-electron chi connectivity index (χ3n) is 9.57. The summed E-state index contributed by atoms with van der Waals surface area (Å²) in [4.78, 5) is 25.7. The number of carbonyl (C=O) groups excluding carboxylic acids is 2. The van der Waals surface area contributed by atoms with E-state index in [1.54, 1.807) is 0 Å². The van der Waals surface area contributed by atoms with Gasteiger partial charge < -0.3 is 9.47 Å². The van der Waals surface area contributed by atoms with Crippen molar-refractivity contribution in [1.29, 1.82) is 0 Å². The third-order valence-corrected chi connectivity index (χ3v) is 9.57. The summed E-state index contributed by atoms with van der Waals surface area (Å²) >= 11 is 0. The van der Waals surface area contributed by atoms with Crippen LogP contribution >= 0.6 is 0 Å². The van der Waals surface area contributed by atoms with Gasteiger partial charge in [-0.15, -0.1) is 0 Å². The molecule has 0 saturated carbocycles. The largest absolute Gasteiger partial charge is 0.425 e. The molecular formula is C40H34O4. The maximum Gasteiger partial charge on any atom is 0.323 e. The van der Waals surface area contributed by atoms with Crippen molar-refractivity contribution in [1.82, 2.24) is 0 Å². The van der Waals surface area contributed by atoms with Crippen molar-refractivity contribution in [3.05, 3.63) is 166 Å². The molecule has 2 aliphatic heterocycles. The fraction of sp³-hybridized carbons (Fsp3) is 0.200. The molecule has 0 fully saturated rings. The minimum Gasteiger partial charge on any atom is -0.425 e. The first kappa shape index (κ1) is 27.8. The van der Waals surface area contributed by atoms with Crippen molar-refractivity contribution in [2.24, 2.45) is 0 Å². The number of fused-ring (bicyclic) bond motifs is 2. The van der Waals surface area contributed by atoms with Crippen LogP contribution in [0, 0.1) is 0 Å². The Balaban J connectivity index is 1.18. The van der Waals surface area contributed by atoms with E-state index in [1.807, 2.05) is 72.8 Å². The molecule has 2 aliphatic rings. The van der Waals surface area contributed by atoms with E-state index in [4.69, 9.17) is 9.47 Å². The average Bonchev–Trinajstić information content (AvgIpc) is 3.55. The second-order valence-electron chi connectivity index (χ2n) is 12.9. The van der Waals surface area contributed by atoms with Gasteiger partial charge in [-0.05, 0) is 57.6 Å². The zero-order chi connectivity index (χ0) is 30.6. The molecule has 0 saturated heterocycles. The predicted octanol–water partition coefficient (Wildman–Crippen LogP) is 8.44. The minimum atomic E-state index is -0.417. The van der Waals surface area contributed by atoms with Gasteiger partial charge in [0, 0.05) is 22.0 Å². The molecule has 0 amide bonds. The number of benzene rings is 5. The number of carbonyl (C=O) groups is 2. The molecule has 4 heteroatoms. The smallest absolute Gasteiger partial charge is 0.323 e. The summed E-state index contributed by atoms with van der Waals surface area (Å²) < 4.78 is 11.3. The Morgan fingerprint density at radius 1 is 0.455 bits per heavy atom. The fourth-order valence-electron chi connectivity index (χ4n) is 6.66. The molecular weight excluding hydrogens is 544 g/mol. The first-order chi connectivity index (χ1) is 21.1. The lowest BCUT2D eigenvalue weighted by atomic mass is 9.73. The van der Waals surface area contributed by atoms with E-state index in [9.17, 15) is 9.59 Å². The average molecular weight is 579 g/mol. The van der Waals surface area contributed by atoms with Crippen molar-refractivity contribution >= 4 is 11.9 Å². The molecule has 2 atom stereocenters. The van der Waals surface area contributed by atoms with Gasteiger partial charge in [-0.1, -0.05) is 125 Å². The molecule has 0 aromatic heterocycles. The Morgan fingerprint density at radius 3 is 1.16 bits per heavy atom. The lowest BCUT2D eigenvalue weighted by molar-refractivity contribution is -0.134. The lowest BCUT2D eigenvalue weighted by Crippen LogP contribution is -2.22. The molecule has 0 radical (unpaired) electrons. The Labute approximate surface area is 258 Å². The Morgan fingerprint density at radius 2 is 0.795 bits per heavy atom. The van der Waals surface area contributed by atoms with Gasteiger partial charge in [0.1, 0.15) is 23.3 Å². The molecule has 2 unspecified atom stereocenters. The van der Waals surface area contributed by atoms with Gasteiger partial charge in [-0.25, -0.2) is 0 Å². The van der Waals surface area contributed by atoms with E-state index in [0.29, 0.717) is 11.5 Å². The summed E-state index contributed by atoms with van der Waals surface area (Å²) in [5.74, 6) is -0.0252. The minimum absolute atomic E-state index is 0.231. The van der Waals surface area contributed by atoms with Crippen molar-refractivity contribution in [2.45, 2.75) is 50.4 Å². The summed E-state index contributed by atoms with van der Waals surface area (Å²) in [5.41, 5.74) is 7.69. The SMILES string of the molecule is CC(C)(c1ccc(C(C)(C)c2ccc3c(c2)C(c2ccccc2)C(=O)O3)cc1)c1ccc2c(c1)C(c1ccccc1)C(=O)O2. The zero-order valence-corrected chi connectivity index (χ0v) is 25.3. The van der Waals surface area contributed by atoms with Crippen LogP contribution in [0.2, 0.25) is 0 Å². The highest BCUT2D eigenvalue weighted by Crippen LogP contribution is 2.45. The molecule has 2 heterocycles. The van der Waals surface area contributed by atoms with Crippen LogP contribution in [0.4, 0.5) is 0 Å². The van der Waals surface area contributed by atoms with Crippen LogP contribution < -0.4 is 9.47 Å². The summed E-state index contributed by atoms with van der Waals surface area (Å²) in [6, 6.07) is 40.7. The molecule has 4 nitrogen and oxygen atoms in total. The standard InChI is InChI=1S/C40H34O4/c1-39(2,29-19-21-33-31(23-29)35(37(41)43-33)25-11-7-5-8-12-25)27-15-17-28(18-16-27)40(3,4)30-20-22-34-32(24-30)36(38(42)44-34)26-13-9-6-10-14-26/h5-24,35-36H,1-4H3. The summed E-state index contributed by atoms with van der Waals surface area (Å²) in [5, 5.41) is 0. The second-order valence-corrected chi connectivity index (χ2v) is 12.9. The number of hydrogen-bond acceptors (Lipinski definition) is 4. The van der Waals surface area contributed by atoms with E-state index >= 15 is 0 Å². The van der Waals surface area contributed by atoms with Crippen LogP contribution in [0.15, 0.2) is 121 Å². The molecule has 0 spiro atoms. The molecule has 0 bridgehead atoms. The van der Waals surface area contributed by atoms with Crippen LogP contribution in [0.25, 0.3) is 0 Å². The monoisotopic (exact) mass is 578 g/mol. The highest BCUT2D eigenvalue weighted by atomic mass is 16.5. The van der Waals surface area contributed by atoms with Gasteiger partial charge in [0.2, 0.25) is 0 Å². The Kier molecular flexibility index (Phi) is 6.55. The van der Waals surface area contributed by atoms with E-state index in [1.165, 1.54) is 11.1 Å². The molecule has 5 aromatic rings. The fourth-order valence-corrected chi connectivity index (χ4v) is 6.66. The zero-order valence-electron chi connectivity index (χ0n) is 25.3. The highest BCUT2D eigenvalue weighted by Gasteiger charge is 2.38. The van der Waals surface area contributed by atoms with Gasteiger partial charge in [0.25, 0.3) is 0 Å². The lowest BCUT2D eigenvalue weighted by Gasteiger charge is -2.30. The molecule has 0 aliphatic carbocycles. The van der Waals surface area contributed by atoms with Crippen LogP contribution in [-0.2, 0) is 20.4 Å². The topological polar surface area (TPSA) is 52.6 Å². The van der Waals surface area contributed by atoms with Crippen LogP contribution in [-0.4, -0.2) is 11.9 Å². The quantitative estimate of drug-likeness (QED) is 0.150. The van der Waals surface area contributed by atoms with E-state index in [0.717, 1.165) is 33.4 Å². The van der Waals surface area contributed by atoms with Crippen molar-refractivity contribution < 1.29 is 19.1 Å². The third kappa shape index (κ3) is 4.53. The Hall–Kier alpha value is -4.96. The normalized spacial score (nSPS) is 17.5. The number of hydrogen-bond donors (Lipinski definition) is 0. The first-order valence-corrected chi connectivity index (χ1v) is 15.1. The van der Waals surface area contributed by atoms with Gasteiger partial charge in [-0.3, -0.25) is 9.59 Å². The summed E-state index contributed by atoms with van der Waals surface area (Å²) in [7, 11) is 0. The van der Waals surface area contributed by atoms with Gasteiger partial charge in [0.15, 0.2) is 0 Å². The predicted molar refractivity (Wildman–Crippen MR) is 171 cm³/mol. The molecule has 0 N–H and O–H groups in total. The summed E-state index contributed by atoms with van der Waals surface area (Å²) in [6.07, 6.45) is 0. The molecule has 44 heavy (non-hydrogen) atoms. The summed E-state index contributed by atoms with van der Waals surface area (Å²) in [6.45, 7) is 8.85. The highest BCUT2D eigenvalue weighted by molar-refractivity contribution is 5.90. The van der Waals surface area contributed by atoms with Crippen LogP contribution in [0.3, 0.4) is 0 Å². The van der Waals surface area contributed by atoms with Crippen molar-refractivity contribution in [3.63, 3.8) is 0 Å². The van der Waals surface area contributed by atoms with Gasteiger partial charge >= 0.3 is 11.9 Å². The Bertz CT molecular complexity index is 1750. The van der Waals surface area contributed by atoms with Crippen molar-refractivity contribution in [2.75, 3.05) is 0 Å². The van der Waals surface area contributed by atoms with Gasteiger partial charge in [0.05, 0.1) is 0 Å². The second kappa shape index (κ2) is 10.3. The maximum atomic E-state index is 12.8. The number of rotatable bonds is 6. The van der Waals surface area contributed by atoms with Crippen LogP contribution in [0.1, 0.15) is 84.0 Å². The number of esters is 2. The van der Waals surface area contributed by atoms with E-state index in [2.05, 4.69) is 76.2 Å². The maximum absolute atomic E-state index is 12.8. The van der Waals surface area contributed by atoms with Crippen molar-refractivity contribution in [3.8, 4) is 11.5 Å². The van der Waals surface area contributed by atoms with Gasteiger partial charge in [-0.2, -0.15) is 0 Å². The van der Waals surface area contributed by atoms with E-state index < -0.39 is 11.8 Å². The molecule has 5 aromatic carbocycles.